The molecule has 186 valence electrons. The van der Waals surface area contributed by atoms with Crippen LogP contribution in [0.3, 0.4) is 0 Å². The summed E-state index contributed by atoms with van der Waals surface area (Å²) in [7, 11) is -0.608. The van der Waals surface area contributed by atoms with Crippen molar-refractivity contribution in [3.05, 3.63) is 48.0 Å². The maximum Gasteiger partial charge on any atom is 0.322 e. The van der Waals surface area contributed by atoms with Gasteiger partial charge in [0.1, 0.15) is 0 Å². The highest BCUT2D eigenvalue weighted by Gasteiger charge is 2.32. The highest BCUT2D eigenvalue weighted by atomic mass is 32.2. The smallest absolute Gasteiger partial charge is 0.322 e. The van der Waals surface area contributed by atoms with Gasteiger partial charge in [-0.15, -0.1) is 5.10 Å². The third kappa shape index (κ3) is 5.01. The lowest BCUT2D eigenvalue weighted by atomic mass is 10.0. The van der Waals surface area contributed by atoms with Crippen LogP contribution in [0, 0.1) is 0 Å². The maximum atomic E-state index is 13.1. The van der Waals surface area contributed by atoms with E-state index in [9.17, 15) is 13.2 Å². The van der Waals surface area contributed by atoms with E-state index in [1.165, 1.54) is 38.5 Å². The lowest BCUT2D eigenvalue weighted by Gasteiger charge is -2.34. The molecule has 1 atom stereocenters. The largest absolute Gasteiger partial charge is 0.493 e. The first-order valence-electron chi connectivity index (χ1n) is 11.4. The van der Waals surface area contributed by atoms with Gasteiger partial charge in [0.15, 0.2) is 11.5 Å². The summed E-state index contributed by atoms with van der Waals surface area (Å²) in [6, 6.07) is 11.0. The topological polar surface area (TPSA) is 124 Å². The Balaban J connectivity index is 1.49. The van der Waals surface area contributed by atoms with E-state index in [-0.39, 0.29) is 28.4 Å². The minimum absolute atomic E-state index is 0.00616. The van der Waals surface area contributed by atoms with Gasteiger partial charge in [0.05, 0.1) is 24.7 Å². The molecule has 0 saturated carbocycles. The van der Waals surface area contributed by atoms with Crippen molar-refractivity contribution < 1.29 is 27.1 Å². The van der Waals surface area contributed by atoms with Crippen molar-refractivity contribution in [3.8, 4) is 23.0 Å². The Morgan fingerprint density at radius 2 is 1.89 bits per heavy atom. The molecular weight excluding hydrogens is 472 g/mol. The SMILES string of the molecule is CCC1CCCCN1S(=O)(=O)c1ccc(C(=O)Nc2nnc(-c3cccc(OC)c3OC)o2)cc1. The number of amides is 1. The number of piperidine rings is 1. The number of ether oxygens (including phenoxy) is 2. The van der Waals surface area contributed by atoms with Crippen molar-refractivity contribution in [3.63, 3.8) is 0 Å². The second kappa shape index (κ2) is 10.4. The summed E-state index contributed by atoms with van der Waals surface area (Å²) >= 11 is 0. The van der Waals surface area contributed by atoms with E-state index in [0.717, 1.165) is 25.7 Å². The van der Waals surface area contributed by atoms with Gasteiger partial charge in [-0.25, -0.2) is 8.42 Å². The summed E-state index contributed by atoms with van der Waals surface area (Å²) in [6.45, 7) is 2.51. The van der Waals surface area contributed by atoms with E-state index in [1.54, 1.807) is 22.5 Å². The number of nitrogens with one attached hydrogen (secondary N) is 1. The van der Waals surface area contributed by atoms with Gasteiger partial charge < -0.3 is 13.9 Å². The lowest BCUT2D eigenvalue weighted by molar-refractivity contribution is 0.102. The van der Waals surface area contributed by atoms with Gasteiger partial charge in [-0.05, 0) is 55.7 Å². The van der Waals surface area contributed by atoms with E-state index < -0.39 is 15.9 Å². The van der Waals surface area contributed by atoms with Gasteiger partial charge in [-0.3, -0.25) is 10.1 Å². The number of carbonyl (C=O) groups is 1. The third-order valence-electron chi connectivity index (χ3n) is 6.05. The van der Waals surface area contributed by atoms with Crippen LogP contribution < -0.4 is 14.8 Å². The van der Waals surface area contributed by atoms with Crippen LogP contribution in [0.4, 0.5) is 6.01 Å². The summed E-state index contributed by atoms with van der Waals surface area (Å²) < 4.78 is 44.1. The van der Waals surface area contributed by atoms with Crippen LogP contribution in [-0.4, -0.2) is 55.6 Å². The number of para-hydroxylation sites is 1. The molecule has 0 bridgehead atoms. The fraction of sp³-hybridized carbons (Fsp3) is 0.375. The number of sulfonamides is 1. The normalized spacial score (nSPS) is 16.6. The van der Waals surface area contributed by atoms with E-state index in [1.807, 2.05) is 6.92 Å². The molecule has 0 radical (unpaired) electrons. The Morgan fingerprint density at radius 3 is 2.57 bits per heavy atom. The van der Waals surface area contributed by atoms with Crippen LogP contribution in [0.1, 0.15) is 43.0 Å². The quantitative estimate of drug-likeness (QED) is 0.493. The van der Waals surface area contributed by atoms with Crippen molar-refractivity contribution >= 4 is 21.9 Å². The van der Waals surface area contributed by atoms with E-state index >= 15 is 0 Å². The van der Waals surface area contributed by atoms with Crippen LogP contribution >= 0.6 is 0 Å². The molecule has 35 heavy (non-hydrogen) atoms. The van der Waals surface area contributed by atoms with Gasteiger partial charge in [0.2, 0.25) is 10.0 Å². The maximum absolute atomic E-state index is 13.1. The number of anilines is 1. The van der Waals surface area contributed by atoms with Gasteiger partial charge in [-0.2, -0.15) is 4.31 Å². The van der Waals surface area contributed by atoms with E-state index in [4.69, 9.17) is 13.9 Å². The third-order valence-corrected chi connectivity index (χ3v) is 8.01. The molecule has 1 aliphatic heterocycles. The molecule has 0 spiro atoms. The monoisotopic (exact) mass is 500 g/mol. The summed E-state index contributed by atoms with van der Waals surface area (Å²) in [5, 5.41) is 10.4. The van der Waals surface area contributed by atoms with Crippen LogP contribution in [0.25, 0.3) is 11.5 Å². The molecule has 1 unspecified atom stereocenters. The zero-order valence-corrected chi connectivity index (χ0v) is 20.7. The Kier molecular flexibility index (Phi) is 7.37. The summed E-state index contributed by atoms with van der Waals surface area (Å²) in [5.74, 6) is 0.557. The zero-order valence-electron chi connectivity index (χ0n) is 19.9. The number of methoxy groups -OCH3 is 2. The zero-order chi connectivity index (χ0) is 25.0. The first-order chi connectivity index (χ1) is 16.9. The number of benzene rings is 2. The summed E-state index contributed by atoms with van der Waals surface area (Å²) in [6.07, 6.45) is 3.52. The van der Waals surface area contributed by atoms with Crippen LogP contribution in [-0.2, 0) is 10.0 Å². The number of hydrogen-bond acceptors (Lipinski definition) is 8. The molecule has 10 nitrogen and oxygen atoms in total. The van der Waals surface area contributed by atoms with Crippen molar-refractivity contribution in [2.45, 2.75) is 43.5 Å². The van der Waals surface area contributed by atoms with Gasteiger partial charge >= 0.3 is 6.01 Å². The number of nitrogens with zero attached hydrogens (tertiary/aromatic N) is 3. The standard InChI is InChI=1S/C24H28N4O6S/c1-4-17-8-5-6-15-28(17)35(30,31)18-13-11-16(12-14-18)22(29)25-24-27-26-23(34-24)19-9-7-10-20(32-2)21(19)33-3/h7,9-14,17H,4-6,8,15H2,1-3H3,(H,25,27,29). The molecule has 1 saturated heterocycles. The molecule has 0 aliphatic carbocycles. The van der Waals surface area contributed by atoms with Crippen molar-refractivity contribution in [1.82, 2.24) is 14.5 Å². The lowest BCUT2D eigenvalue weighted by Crippen LogP contribution is -2.43. The van der Waals surface area contributed by atoms with E-state index in [2.05, 4.69) is 15.5 Å². The van der Waals surface area contributed by atoms with Gasteiger partial charge in [0.25, 0.3) is 11.8 Å². The average Bonchev–Trinajstić information content (AvgIpc) is 3.36. The van der Waals surface area contributed by atoms with Crippen LogP contribution in [0.15, 0.2) is 51.8 Å². The Hall–Kier alpha value is -3.44. The highest BCUT2D eigenvalue weighted by molar-refractivity contribution is 7.89. The molecule has 1 amide bonds. The molecule has 4 rings (SSSR count). The molecular formula is C24H28N4O6S. The molecule has 1 N–H and O–H groups in total. The molecule has 3 aromatic rings. The Morgan fingerprint density at radius 1 is 1.11 bits per heavy atom. The first kappa shape index (κ1) is 24.7. The highest BCUT2D eigenvalue weighted by Crippen LogP contribution is 2.37. The number of hydrogen-bond donors (Lipinski definition) is 1. The fourth-order valence-corrected chi connectivity index (χ4v) is 5.99. The van der Waals surface area contributed by atoms with Crippen LogP contribution in [0.2, 0.25) is 0 Å². The minimum atomic E-state index is -3.63. The number of aromatic nitrogens is 2. The predicted octanol–water partition coefficient (Wildman–Crippen LogP) is 3.96. The second-order valence-electron chi connectivity index (χ2n) is 8.11. The van der Waals surface area contributed by atoms with Crippen molar-refractivity contribution in [2.75, 3.05) is 26.1 Å². The molecule has 2 aromatic carbocycles. The summed E-state index contributed by atoms with van der Waals surface area (Å²) in [4.78, 5) is 12.9. The number of rotatable bonds is 8. The van der Waals surface area contributed by atoms with E-state index in [0.29, 0.717) is 23.6 Å². The Bertz CT molecular complexity index is 1290. The molecule has 1 fully saturated rings. The van der Waals surface area contributed by atoms with Crippen LogP contribution in [0.5, 0.6) is 11.5 Å². The average molecular weight is 501 g/mol. The minimum Gasteiger partial charge on any atom is -0.493 e. The van der Waals surface area contributed by atoms with Crippen molar-refractivity contribution in [1.29, 1.82) is 0 Å². The molecule has 1 aromatic heterocycles. The van der Waals surface area contributed by atoms with Crippen molar-refractivity contribution in [2.24, 2.45) is 0 Å². The van der Waals surface area contributed by atoms with Gasteiger partial charge in [0, 0.05) is 18.2 Å². The second-order valence-corrected chi connectivity index (χ2v) is 10.00. The fourth-order valence-electron chi connectivity index (χ4n) is 4.22. The Labute approximate surface area is 204 Å². The molecule has 11 heteroatoms. The van der Waals surface area contributed by atoms with Gasteiger partial charge in [-0.1, -0.05) is 24.5 Å². The first-order valence-corrected chi connectivity index (χ1v) is 12.8. The summed E-state index contributed by atoms with van der Waals surface area (Å²) in [5.41, 5.74) is 0.769. The molecule has 2 heterocycles. The molecule has 1 aliphatic rings. The number of carbonyl (C=O) groups excluding carboxylic acids is 1. The predicted molar refractivity (Wildman–Crippen MR) is 129 cm³/mol.